The zero-order valence-electron chi connectivity index (χ0n) is 8.41. The van der Waals surface area contributed by atoms with Crippen LogP contribution in [0.4, 0.5) is 0 Å². The van der Waals surface area contributed by atoms with E-state index < -0.39 is 0 Å². The van der Waals surface area contributed by atoms with Crippen molar-refractivity contribution in [1.82, 2.24) is 5.32 Å². The zero-order valence-corrected chi connectivity index (χ0v) is 8.41. The molecule has 75 valence electrons. The first-order valence-electron chi connectivity index (χ1n) is 4.50. The Morgan fingerprint density at radius 1 is 1.57 bits per heavy atom. The van der Waals surface area contributed by atoms with Crippen LogP contribution in [0.5, 0.6) is 0 Å². The summed E-state index contributed by atoms with van der Waals surface area (Å²) in [5.41, 5.74) is 0.645. The Bertz CT molecular complexity index is 285. The first-order valence-corrected chi connectivity index (χ1v) is 4.50. The standard InChI is InChI=1S/C11H14NO2/c1-9(8-14-2)12-11(13)10-6-4-3-5-7-10/h4-7,9H,8H2,1-2H3,(H,12,13). The average molecular weight is 192 g/mol. The molecule has 0 bridgehead atoms. The first kappa shape index (κ1) is 10.7. The minimum absolute atomic E-state index is 0.0247. The highest BCUT2D eigenvalue weighted by molar-refractivity contribution is 5.94. The summed E-state index contributed by atoms with van der Waals surface area (Å²) in [6.07, 6.45) is 0. The van der Waals surface area contributed by atoms with E-state index in [1.807, 2.05) is 6.92 Å². The fourth-order valence-corrected chi connectivity index (χ4v) is 1.14. The number of amides is 1. The molecule has 1 aromatic carbocycles. The number of carbonyl (C=O) groups is 1. The Hall–Kier alpha value is -1.35. The maximum Gasteiger partial charge on any atom is 0.251 e. The van der Waals surface area contributed by atoms with E-state index in [-0.39, 0.29) is 11.9 Å². The van der Waals surface area contributed by atoms with Crippen molar-refractivity contribution in [3.8, 4) is 0 Å². The maximum absolute atomic E-state index is 11.5. The summed E-state index contributed by atoms with van der Waals surface area (Å²) in [4.78, 5) is 11.5. The molecule has 0 spiro atoms. The van der Waals surface area contributed by atoms with Gasteiger partial charge in [-0.1, -0.05) is 12.1 Å². The largest absolute Gasteiger partial charge is 0.383 e. The molecule has 0 saturated heterocycles. The van der Waals surface area contributed by atoms with Gasteiger partial charge in [-0.25, -0.2) is 0 Å². The number of hydrogen-bond acceptors (Lipinski definition) is 2. The van der Waals surface area contributed by atoms with Gasteiger partial charge in [-0.3, -0.25) is 4.79 Å². The second kappa shape index (κ2) is 5.40. The highest BCUT2D eigenvalue weighted by atomic mass is 16.5. The highest BCUT2D eigenvalue weighted by Crippen LogP contribution is 1.98. The van der Waals surface area contributed by atoms with Crippen molar-refractivity contribution in [2.24, 2.45) is 0 Å². The minimum Gasteiger partial charge on any atom is -0.383 e. The van der Waals surface area contributed by atoms with Crippen LogP contribution in [-0.2, 0) is 4.74 Å². The number of methoxy groups -OCH3 is 1. The quantitative estimate of drug-likeness (QED) is 0.779. The molecule has 0 heterocycles. The molecule has 1 radical (unpaired) electrons. The van der Waals surface area contributed by atoms with E-state index in [2.05, 4.69) is 11.4 Å². The van der Waals surface area contributed by atoms with Gasteiger partial charge in [-0.15, -0.1) is 0 Å². The van der Waals surface area contributed by atoms with Crippen LogP contribution >= 0.6 is 0 Å². The molecule has 0 aromatic heterocycles. The lowest BCUT2D eigenvalue weighted by Gasteiger charge is -2.12. The molecule has 1 amide bonds. The molecule has 1 rings (SSSR count). The molecule has 0 aliphatic rings. The van der Waals surface area contributed by atoms with Gasteiger partial charge in [0.25, 0.3) is 5.91 Å². The summed E-state index contributed by atoms with van der Waals surface area (Å²) in [6, 6.07) is 9.78. The van der Waals surface area contributed by atoms with Gasteiger partial charge in [0.2, 0.25) is 0 Å². The number of hydrogen-bond donors (Lipinski definition) is 1. The Morgan fingerprint density at radius 2 is 2.21 bits per heavy atom. The number of carbonyl (C=O) groups excluding carboxylic acids is 1. The molecular formula is C11H14NO2. The van der Waals surface area contributed by atoms with E-state index >= 15 is 0 Å². The van der Waals surface area contributed by atoms with Gasteiger partial charge in [0.05, 0.1) is 6.61 Å². The number of rotatable bonds is 4. The van der Waals surface area contributed by atoms with Gasteiger partial charge >= 0.3 is 0 Å². The highest BCUT2D eigenvalue weighted by Gasteiger charge is 2.07. The molecule has 1 aromatic rings. The lowest BCUT2D eigenvalue weighted by atomic mass is 10.2. The molecule has 14 heavy (non-hydrogen) atoms. The third-order valence-electron chi connectivity index (χ3n) is 1.77. The van der Waals surface area contributed by atoms with E-state index in [1.54, 1.807) is 31.4 Å². The average Bonchev–Trinajstić information content (AvgIpc) is 2.19. The van der Waals surface area contributed by atoms with Crippen molar-refractivity contribution in [2.75, 3.05) is 13.7 Å². The summed E-state index contributed by atoms with van der Waals surface area (Å²) in [5, 5.41) is 2.82. The molecule has 3 heteroatoms. The third kappa shape index (κ3) is 3.18. The number of benzene rings is 1. The topological polar surface area (TPSA) is 38.3 Å². The lowest BCUT2D eigenvalue weighted by Crippen LogP contribution is -2.35. The minimum atomic E-state index is -0.0800. The van der Waals surface area contributed by atoms with Crippen LogP contribution in [0.2, 0.25) is 0 Å². The van der Waals surface area contributed by atoms with Crippen LogP contribution in [0.3, 0.4) is 0 Å². The second-order valence-corrected chi connectivity index (χ2v) is 3.12. The van der Waals surface area contributed by atoms with E-state index in [9.17, 15) is 4.79 Å². The molecule has 0 aliphatic carbocycles. The maximum atomic E-state index is 11.5. The predicted molar refractivity (Wildman–Crippen MR) is 54.1 cm³/mol. The van der Waals surface area contributed by atoms with Crippen molar-refractivity contribution < 1.29 is 9.53 Å². The molecule has 0 fully saturated rings. The summed E-state index contributed by atoms with van der Waals surface area (Å²) in [5.74, 6) is -0.0800. The Labute approximate surface area is 84.1 Å². The SMILES string of the molecule is COCC(C)NC(=O)c1cc[c]cc1. The molecule has 1 N–H and O–H groups in total. The van der Waals surface area contributed by atoms with Gasteiger partial charge in [-0.05, 0) is 25.1 Å². The van der Waals surface area contributed by atoms with Crippen molar-refractivity contribution in [2.45, 2.75) is 13.0 Å². The summed E-state index contributed by atoms with van der Waals surface area (Å²) >= 11 is 0. The Kier molecular flexibility index (Phi) is 4.13. The third-order valence-corrected chi connectivity index (χ3v) is 1.77. The monoisotopic (exact) mass is 192 g/mol. The molecule has 0 saturated carbocycles. The van der Waals surface area contributed by atoms with Crippen molar-refractivity contribution in [1.29, 1.82) is 0 Å². The lowest BCUT2D eigenvalue weighted by molar-refractivity contribution is 0.0905. The van der Waals surface area contributed by atoms with E-state index in [1.165, 1.54) is 0 Å². The van der Waals surface area contributed by atoms with Crippen LogP contribution < -0.4 is 5.32 Å². The molecule has 1 unspecified atom stereocenters. The summed E-state index contributed by atoms with van der Waals surface area (Å²) in [6.45, 7) is 2.42. The molecule has 0 aliphatic heterocycles. The van der Waals surface area contributed by atoms with Crippen LogP contribution in [-0.4, -0.2) is 25.7 Å². The zero-order chi connectivity index (χ0) is 10.4. The van der Waals surface area contributed by atoms with Gasteiger partial charge in [0, 0.05) is 18.7 Å². The number of nitrogens with one attached hydrogen (secondary N) is 1. The van der Waals surface area contributed by atoms with Gasteiger partial charge in [0.1, 0.15) is 0 Å². The van der Waals surface area contributed by atoms with Crippen LogP contribution in [0, 0.1) is 6.07 Å². The fraction of sp³-hybridized carbons (Fsp3) is 0.364. The molecular weight excluding hydrogens is 178 g/mol. The van der Waals surface area contributed by atoms with Crippen molar-refractivity contribution in [3.05, 3.63) is 35.9 Å². The van der Waals surface area contributed by atoms with Crippen LogP contribution in [0.25, 0.3) is 0 Å². The van der Waals surface area contributed by atoms with Crippen LogP contribution in [0.15, 0.2) is 24.3 Å². The smallest absolute Gasteiger partial charge is 0.251 e. The first-order chi connectivity index (χ1) is 6.74. The Balaban J connectivity index is 2.51. The van der Waals surface area contributed by atoms with E-state index in [4.69, 9.17) is 4.74 Å². The van der Waals surface area contributed by atoms with Gasteiger partial charge < -0.3 is 10.1 Å². The van der Waals surface area contributed by atoms with E-state index in [0.717, 1.165) is 0 Å². The molecule has 3 nitrogen and oxygen atoms in total. The summed E-state index contributed by atoms with van der Waals surface area (Å²) in [7, 11) is 1.61. The van der Waals surface area contributed by atoms with Crippen LogP contribution in [0.1, 0.15) is 17.3 Å². The predicted octanol–water partition coefficient (Wildman–Crippen LogP) is 1.25. The fourth-order valence-electron chi connectivity index (χ4n) is 1.14. The van der Waals surface area contributed by atoms with E-state index in [0.29, 0.717) is 12.2 Å². The van der Waals surface area contributed by atoms with Gasteiger partial charge in [-0.2, -0.15) is 0 Å². The van der Waals surface area contributed by atoms with Crippen molar-refractivity contribution in [3.63, 3.8) is 0 Å². The Morgan fingerprint density at radius 3 is 2.79 bits per heavy atom. The number of ether oxygens (including phenoxy) is 1. The van der Waals surface area contributed by atoms with Gasteiger partial charge in [0.15, 0.2) is 0 Å². The van der Waals surface area contributed by atoms with Crippen molar-refractivity contribution >= 4 is 5.91 Å². The second-order valence-electron chi connectivity index (χ2n) is 3.12. The normalized spacial score (nSPS) is 12.1. The molecule has 1 atom stereocenters. The summed E-state index contributed by atoms with van der Waals surface area (Å²) < 4.78 is 4.92.